The summed E-state index contributed by atoms with van der Waals surface area (Å²) in [6, 6.07) is 147. The third-order valence-corrected chi connectivity index (χ3v) is 50.1. The summed E-state index contributed by atoms with van der Waals surface area (Å²) in [6.07, 6.45) is 20.9. The topological polar surface area (TPSA) is 144 Å². The molecule has 0 saturated heterocycles. The molecule has 147 heavy (non-hydrogen) atoms. The van der Waals surface area contributed by atoms with Crippen LogP contribution < -0.4 is 77.2 Å². The minimum Gasteiger partial charge on any atom is -0.352 e. The van der Waals surface area contributed by atoms with Gasteiger partial charge in [-0.05, 0) is 181 Å². The molecule has 0 spiro atoms. The van der Waals surface area contributed by atoms with E-state index in [2.05, 4.69) is 428 Å². The third-order valence-electron chi connectivity index (χ3n) is 25.0. The first kappa shape index (κ1) is 112. The monoisotopic (exact) mass is 2230 g/mol. The Bertz CT molecular complexity index is 5990. The zero-order valence-corrected chi connectivity index (χ0v) is 92.9. The molecular formula is C126H127ClF2N10O2P4PdSn. The van der Waals surface area contributed by atoms with E-state index in [1.54, 1.807) is 26.9 Å². The van der Waals surface area contributed by atoms with Gasteiger partial charge in [0, 0.05) is 82.8 Å². The average Bonchev–Trinajstić information content (AvgIpc) is 1.71. The number of carbonyl (C=O) groups is 2. The second kappa shape index (κ2) is 60.8. The van der Waals surface area contributed by atoms with Crippen molar-refractivity contribution in [1.29, 1.82) is 0 Å². The largest absolute Gasteiger partial charge is 0.352 e. The summed E-state index contributed by atoms with van der Waals surface area (Å²) in [6.45, 7) is 7.40. The maximum atomic E-state index is 12.9. The molecule has 2 aliphatic rings. The van der Waals surface area contributed by atoms with E-state index in [0.717, 1.165) is 78.4 Å². The zero-order chi connectivity index (χ0) is 102. The van der Waals surface area contributed by atoms with Crippen LogP contribution in [0.5, 0.6) is 0 Å². The van der Waals surface area contributed by atoms with Crippen LogP contribution in [0.2, 0.25) is 18.6 Å². The van der Waals surface area contributed by atoms with Crippen molar-refractivity contribution in [3.8, 4) is 11.5 Å². The molecule has 0 unspecified atom stereocenters. The van der Waals surface area contributed by atoms with E-state index in [1.165, 1.54) is 140 Å². The van der Waals surface area contributed by atoms with Crippen molar-refractivity contribution >= 4 is 152 Å². The maximum Gasteiger partial charge on any atom is 0.224 e. The van der Waals surface area contributed by atoms with Crippen LogP contribution in [0.25, 0.3) is 11.5 Å². The second-order valence-corrected chi connectivity index (χ2v) is 58.0. The van der Waals surface area contributed by atoms with Crippen molar-refractivity contribution in [3.05, 3.63) is 500 Å². The first-order valence-electron chi connectivity index (χ1n) is 50.5. The summed E-state index contributed by atoms with van der Waals surface area (Å²) in [5.41, 5.74) is 6.30. The number of unbranched alkanes of at least 4 members (excludes halogenated alkanes) is 3. The Morgan fingerprint density at radius 2 is 0.578 bits per heavy atom. The quantitative estimate of drug-likeness (QED) is 0.0167. The van der Waals surface area contributed by atoms with Gasteiger partial charge in [-0.1, -0.05) is 382 Å². The number of hydrogen-bond acceptors (Lipinski definition) is 12. The van der Waals surface area contributed by atoms with Crippen LogP contribution in [0.3, 0.4) is 0 Å². The smallest absolute Gasteiger partial charge is 0.224 e. The van der Waals surface area contributed by atoms with Gasteiger partial charge >= 0.3 is 124 Å². The molecule has 12 nitrogen and oxygen atoms in total. The van der Waals surface area contributed by atoms with E-state index in [0.29, 0.717) is 17.0 Å². The number of ketones is 2. The normalized spacial score (nSPS) is 11.4. The van der Waals surface area contributed by atoms with Crippen LogP contribution in [0.15, 0.2) is 449 Å². The molecule has 6 aromatic heterocycles. The fraction of sp³-hybridized carbons (Fsp3) is 0.190. The Labute approximate surface area is 896 Å². The molecule has 0 fully saturated rings. The number of fused-ring (bicyclic) bond motifs is 2. The number of carbonyl (C=O) groups excluding carboxylic acids is 2. The Morgan fingerprint density at radius 1 is 0.313 bits per heavy atom. The molecule has 0 saturated carbocycles. The Morgan fingerprint density at radius 3 is 0.830 bits per heavy atom. The van der Waals surface area contributed by atoms with Crippen molar-refractivity contribution in [1.82, 2.24) is 39.9 Å². The summed E-state index contributed by atoms with van der Waals surface area (Å²) >= 11 is 3.77. The van der Waals surface area contributed by atoms with E-state index >= 15 is 0 Å². The molecule has 0 radical (unpaired) electrons. The Kier molecular flexibility index (Phi) is 46.3. The summed E-state index contributed by atoms with van der Waals surface area (Å²) in [4.78, 5) is 62.7. The fourth-order valence-electron chi connectivity index (χ4n) is 18.0. The first-order valence-corrected chi connectivity index (χ1v) is 63.7. The summed E-state index contributed by atoms with van der Waals surface area (Å²) in [5.74, 6) is 1.01. The van der Waals surface area contributed by atoms with Crippen molar-refractivity contribution in [2.24, 2.45) is 0 Å². The van der Waals surface area contributed by atoms with Crippen LogP contribution >= 0.6 is 43.3 Å². The number of aryl methyl sites for hydroxylation is 2. The predicted molar refractivity (Wildman–Crippen MR) is 618 cm³/mol. The minimum atomic E-state index is -2.21. The SMILES string of the molecule is CCC[CH2][Sn]([CH2]CCC)([CH2]CCC)[c]1ccccn1.CN(CC(=O)Cc1ccc(F)nc1)c1nc(-c2ccccn2)nc2c1CCC2.CN(CC(=O)Cc1ccc(F)nc1)c1nc(Cl)nc2c1CCC2.[Pd].c1ccc(P(c2ccccc2)c2ccccc2)cc1.c1ccc(P(c2ccccc2)c2ccccc2)cc1.c1ccc(P(c2ccccc2)c2ccccc2)cc1.c1ccc(P(c2ccccc2)c2ccccc2)cc1. The number of nitrogens with zero attached hydrogens (tertiary/aromatic N) is 10. The molecule has 0 aliphatic heterocycles. The number of rotatable bonds is 33. The molecule has 2 aliphatic carbocycles. The van der Waals surface area contributed by atoms with Crippen LogP contribution in [0.1, 0.15) is 106 Å². The van der Waals surface area contributed by atoms with E-state index < -0.39 is 62.0 Å². The van der Waals surface area contributed by atoms with Gasteiger partial charge in [-0.25, -0.2) is 29.9 Å². The summed E-state index contributed by atoms with van der Waals surface area (Å²) < 4.78 is 31.8. The van der Waals surface area contributed by atoms with Gasteiger partial charge in [-0.2, -0.15) is 8.78 Å². The second-order valence-electron chi connectivity index (χ2n) is 35.8. The number of hydrogen-bond donors (Lipinski definition) is 0. The molecule has 21 heteroatoms. The van der Waals surface area contributed by atoms with Crippen molar-refractivity contribution in [2.45, 2.75) is 124 Å². The van der Waals surface area contributed by atoms with Gasteiger partial charge in [0.05, 0.1) is 18.8 Å². The van der Waals surface area contributed by atoms with Crippen molar-refractivity contribution < 1.29 is 38.8 Å². The minimum absolute atomic E-state index is 0. The molecule has 0 amide bonds. The number of aromatic nitrogens is 8. The van der Waals surface area contributed by atoms with Crippen molar-refractivity contribution in [2.75, 3.05) is 37.0 Å². The molecule has 0 atom stereocenters. The van der Waals surface area contributed by atoms with Gasteiger partial charge in [0.1, 0.15) is 17.3 Å². The molecule has 12 aromatic carbocycles. The van der Waals surface area contributed by atoms with Gasteiger partial charge < -0.3 is 9.80 Å². The first-order chi connectivity index (χ1) is 71.7. The number of pyridine rings is 4. The molecule has 6 heterocycles. The van der Waals surface area contributed by atoms with Crippen LogP contribution in [0.4, 0.5) is 20.4 Å². The molecule has 20 rings (SSSR count). The fourth-order valence-corrected chi connectivity index (χ4v) is 42.8. The molecule has 0 N–H and O–H groups in total. The number of anilines is 2. The van der Waals surface area contributed by atoms with Crippen LogP contribution in [-0.2, 0) is 68.5 Å². The number of benzene rings is 12. The van der Waals surface area contributed by atoms with Crippen LogP contribution in [-0.4, -0.2) is 97.0 Å². The van der Waals surface area contributed by atoms with Crippen molar-refractivity contribution in [3.63, 3.8) is 0 Å². The van der Waals surface area contributed by atoms with E-state index in [1.807, 2.05) is 43.4 Å². The van der Waals surface area contributed by atoms with Crippen LogP contribution in [0, 0.1) is 11.9 Å². The predicted octanol–water partition coefficient (Wildman–Crippen LogP) is 24.1. The Hall–Kier alpha value is -12.3. The van der Waals surface area contributed by atoms with Gasteiger partial charge in [0.15, 0.2) is 17.4 Å². The maximum absolute atomic E-state index is 12.9. The van der Waals surface area contributed by atoms with E-state index in [9.17, 15) is 18.4 Å². The van der Waals surface area contributed by atoms with E-state index in [4.69, 9.17) is 26.6 Å². The molecule has 18 aromatic rings. The number of Topliss-reactive ketones (excluding diaryl/α,β-unsaturated/α-hetero) is 2. The number of likely N-dealkylation sites (N-methyl/N-ethyl adjacent to an activating group) is 2. The Balaban J connectivity index is 0.000000144. The summed E-state index contributed by atoms with van der Waals surface area (Å²) in [5, 5.41) is 17.0. The standard InChI is InChI=1S/C21H20FN5O.4C18H15P.C16H16ClFN4O.C5H4N.3C4H9.Pd.Sn/c1-27(13-15(28)11-14-8-9-19(22)24-12-14)21-16-5-4-7-17(16)25-20(26-21)18-6-2-3-10-23-18;4*1-4-10-16(11-5-1)19(17-12-6-2-7-13-17)18-14-8-3-9-15-18;1-22(9-11(23)7-10-5-6-14(18)19-8-10)15-12-3-2-4-13(12)20-16(17)21-15;1-2-4-6-5-3-1;3*1-3-4-2;;/h2-3,6,8-10,12H,4-5,7,11,13H2,1H3;4*1-15H;5-6,8H,2-4,7,9H2,1H3;1-4H;3*1,3-4H2,2H3;;. The molecule has 0 bridgehead atoms. The van der Waals surface area contributed by atoms with Gasteiger partial charge in [-0.3, -0.25) is 14.6 Å². The average molecular weight is 2240 g/mol. The third kappa shape index (κ3) is 34.1. The molecular weight excluding hydrogens is 2110 g/mol. The van der Waals surface area contributed by atoms with Gasteiger partial charge in [0.25, 0.3) is 0 Å². The zero-order valence-electron chi connectivity index (χ0n) is 84.2. The molecule has 748 valence electrons. The van der Waals surface area contributed by atoms with E-state index in [-0.39, 0.29) is 63.2 Å². The summed E-state index contributed by atoms with van der Waals surface area (Å²) in [7, 11) is 1.90. The van der Waals surface area contributed by atoms with Gasteiger partial charge in [0.2, 0.25) is 17.2 Å². The number of halogens is 3. The van der Waals surface area contributed by atoms with Gasteiger partial charge in [-0.15, -0.1) is 0 Å².